The number of nitrogens with one attached hydrogen (secondary N) is 2. The number of amides is 1. The van der Waals surface area contributed by atoms with Gasteiger partial charge in [0.05, 0.1) is 6.54 Å². The normalized spacial score (nSPS) is 19.6. The molecule has 1 amide bonds. The smallest absolute Gasteiger partial charge is 0.234 e. The first-order chi connectivity index (χ1) is 9.01. The highest BCUT2D eigenvalue weighted by atomic mass is 16.2. The van der Waals surface area contributed by atoms with Gasteiger partial charge in [0.25, 0.3) is 0 Å². The molecule has 0 aromatic heterocycles. The zero-order valence-corrected chi connectivity index (χ0v) is 13.0. The van der Waals surface area contributed by atoms with Crippen molar-refractivity contribution in [2.45, 2.75) is 59.0 Å². The topological polar surface area (TPSA) is 44.4 Å². The van der Waals surface area contributed by atoms with Crippen LogP contribution < -0.4 is 10.6 Å². The zero-order valence-electron chi connectivity index (χ0n) is 13.0. The lowest BCUT2D eigenvalue weighted by Crippen LogP contribution is -2.45. The molecule has 0 aromatic rings. The molecular weight excluding hydrogens is 238 g/mol. The lowest BCUT2D eigenvalue weighted by molar-refractivity contribution is -0.123. The fourth-order valence-electron chi connectivity index (χ4n) is 2.38. The van der Waals surface area contributed by atoms with Crippen molar-refractivity contribution in [2.75, 3.05) is 26.2 Å². The maximum absolute atomic E-state index is 11.8. The molecule has 0 aromatic carbocycles. The van der Waals surface area contributed by atoms with Crippen LogP contribution >= 0.6 is 0 Å². The Bertz CT molecular complexity index is 260. The molecule has 1 heterocycles. The summed E-state index contributed by atoms with van der Waals surface area (Å²) in [6.45, 7) is 12.3. The summed E-state index contributed by atoms with van der Waals surface area (Å²) in [7, 11) is 0. The second-order valence-electron chi connectivity index (χ2n) is 6.16. The summed E-state index contributed by atoms with van der Waals surface area (Å²) in [5.74, 6) is 0.949. The largest absolute Gasteiger partial charge is 0.353 e. The summed E-state index contributed by atoms with van der Waals surface area (Å²) in [4.78, 5) is 14.1. The number of nitrogens with zero attached hydrogens (tertiary/aromatic N) is 1. The van der Waals surface area contributed by atoms with Gasteiger partial charge in [-0.25, -0.2) is 0 Å². The number of piperidine rings is 1. The van der Waals surface area contributed by atoms with Crippen molar-refractivity contribution in [3.63, 3.8) is 0 Å². The predicted octanol–water partition coefficient (Wildman–Crippen LogP) is 1.61. The Kier molecular flexibility index (Phi) is 7.39. The van der Waals surface area contributed by atoms with Crippen LogP contribution in [0.1, 0.15) is 47.0 Å². The lowest BCUT2D eigenvalue weighted by atomic mass is 9.96. The molecule has 112 valence electrons. The lowest BCUT2D eigenvalue weighted by Gasteiger charge is -2.32. The average molecular weight is 269 g/mol. The summed E-state index contributed by atoms with van der Waals surface area (Å²) in [6, 6.07) is 0.861. The van der Waals surface area contributed by atoms with Crippen LogP contribution in [0.15, 0.2) is 0 Å². The van der Waals surface area contributed by atoms with E-state index in [0.717, 1.165) is 32.0 Å². The van der Waals surface area contributed by atoms with Crippen LogP contribution in [0.3, 0.4) is 0 Å². The molecule has 0 saturated carbocycles. The van der Waals surface area contributed by atoms with Crippen molar-refractivity contribution in [3.05, 3.63) is 0 Å². The van der Waals surface area contributed by atoms with E-state index in [9.17, 15) is 4.79 Å². The second-order valence-corrected chi connectivity index (χ2v) is 6.16. The van der Waals surface area contributed by atoms with E-state index in [-0.39, 0.29) is 5.91 Å². The molecule has 1 fully saturated rings. The van der Waals surface area contributed by atoms with Gasteiger partial charge in [0.15, 0.2) is 0 Å². The first kappa shape index (κ1) is 16.4. The van der Waals surface area contributed by atoms with Gasteiger partial charge in [0, 0.05) is 12.1 Å². The molecule has 1 aliphatic rings. The van der Waals surface area contributed by atoms with Gasteiger partial charge in [0.2, 0.25) is 5.91 Å². The van der Waals surface area contributed by atoms with Gasteiger partial charge in [-0.3, -0.25) is 9.69 Å². The maximum Gasteiger partial charge on any atom is 0.234 e. The van der Waals surface area contributed by atoms with Crippen LogP contribution in [0.2, 0.25) is 0 Å². The average Bonchev–Trinajstić information content (AvgIpc) is 2.37. The minimum Gasteiger partial charge on any atom is -0.353 e. The van der Waals surface area contributed by atoms with Crippen molar-refractivity contribution < 1.29 is 4.79 Å². The summed E-state index contributed by atoms with van der Waals surface area (Å²) in [6.07, 6.45) is 3.40. The van der Waals surface area contributed by atoms with Crippen molar-refractivity contribution in [1.82, 2.24) is 15.5 Å². The molecule has 2 N–H and O–H groups in total. The molecule has 4 heteroatoms. The van der Waals surface area contributed by atoms with E-state index in [1.807, 2.05) is 0 Å². The van der Waals surface area contributed by atoms with E-state index in [1.54, 1.807) is 0 Å². The Morgan fingerprint density at radius 1 is 1.26 bits per heavy atom. The number of hydrogen-bond donors (Lipinski definition) is 2. The third kappa shape index (κ3) is 6.92. The van der Waals surface area contributed by atoms with Gasteiger partial charge in [-0.15, -0.1) is 0 Å². The fraction of sp³-hybridized carbons (Fsp3) is 0.933. The number of carbonyl (C=O) groups is 1. The molecule has 0 bridgehead atoms. The van der Waals surface area contributed by atoms with Gasteiger partial charge < -0.3 is 10.6 Å². The number of hydrogen-bond acceptors (Lipinski definition) is 3. The zero-order chi connectivity index (χ0) is 14.3. The molecule has 19 heavy (non-hydrogen) atoms. The molecule has 0 aliphatic carbocycles. The quantitative estimate of drug-likeness (QED) is 0.738. The highest BCUT2D eigenvalue weighted by molar-refractivity contribution is 5.78. The molecule has 1 unspecified atom stereocenters. The Balaban J connectivity index is 2.17. The van der Waals surface area contributed by atoms with Crippen LogP contribution in [-0.2, 0) is 4.79 Å². The third-order valence-corrected chi connectivity index (χ3v) is 3.91. The molecule has 0 spiro atoms. The van der Waals surface area contributed by atoms with E-state index in [0.29, 0.717) is 18.6 Å². The molecule has 1 saturated heterocycles. The molecular formula is C15H31N3O. The first-order valence-corrected chi connectivity index (χ1v) is 7.76. The second kappa shape index (κ2) is 8.54. The summed E-state index contributed by atoms with van der Waals surface area (Å²) < 4.78 is 0. The van der Waals surface area contributed by atoms with E-state index in [2.05, 4.69) is 43.2 Å². The minimum absolute atomic E-state index is 0.174. The van der Waals surface area contributed by atoms with Crippen LogP contribution in [0.5, 0.6) is 0 Å². The van der Waals surface area contributed by atoms with Gasteiger partial charge in [-0.1, -0.05) is 20.8 Å². The number of likely N-dealkylation sites (tertiary alicyclic amines) is 1. The maximum atomic E-state index is 11.8. The van der Waals surface area contributed by atoms with E-state index >= 15 is 0 Å². The fourth-order valence-corrected chi connectivity index (χ4v) is 2.38. The van der Waals surface area contributed by atoms with Crippen molar-refractivity contribution in [1.29, 1.82) is 0 Å². The molecule has 1 aliphatic heterocycles. The highest BCUT2D eigenvalue weighted by Gasteiger charge is 2.21. The minimum atomic E-state index is 0.174. The Hall–Kier alpha value is -0.610. The van der Waals surface area contributed by atoms with Crippen molar-refractivity contribution in [3.8, 4) is 0 Å². The van der Waals surface area contributed by atoms with Crippen molar-refractivity contribution in [2.24, 2.45) is 5.92 Å². The SMILES string of the molecule is CCC(C)NC(=O)CN1CCC(CNC(C)C)CC1. The van der Waals surface area contributed by atoms with E-state index < -0.39 is 0 Å². The van der Waals surface area contributed by atoms with Gasteiger partial charge in [-0.05, 0) is 51.7 Å². The monoisotopic (exact) mass is 269 g/mol. The van der Waals surface area contributed by atoms with Gasteiger partial charge in [0.1, 0.15) is 0 Å². The molecule has 4 nitrogen and oxygen atoms in total. The molecule has 1 rings (SSSR count). The number of carbonyl (C=O) groups excluding carboxylic acids is 1. The van der Waals surface area contributed by atoms with Gasteiger partial charge in [-0.2, -0.15) is 0 Å². The van der Waals surface area contributed by atoms with Crippen LogP contribution in [0.4, 0.5) is 0 Å². The summed E-state index contributed by atoms with van der Waals surface area (Å²) in [5, 5.41) is 6.54. The standard InChI is InChI=1S/C15H31N3O/c1-5-13(4)17-15(19)11-18-8-6-14(7-9-18)10-16-12(2)3/h12-14,16H,5-11H2,1-4H3,(H,17,19). The molecule has 0 radical (unpaired) electrons. The van der Waals surface area contributed by atoms with Crippen LogP contribution in [0.25, 0.3) is 0 Å². The molecule has 1 atom stereocenters. The number of rotatable bonds is 7. The van der Waals surface area contributed by atoms with Gasteiger partial charge >= 0.3 is 0 Å². The summed E-state index contributed by atoms with van der Waals surface area (Å²) in [5.41, 5.74) is 0. The predicted molar refractivity (Wildman–Crippen MR) is 80.2 cm³/mol. The van der Waals surface area contributed by atoms with E-state index in [1.165, 1.54) is 12.8 Å². The third-order valence-electron chi connectivity index (χ3n) is 3.91. The highest BCUT2D eigenvalue weighted by Crippen LogP contribution is 2.16. The van der Waals surface area contributed by atoms with E-state index in [4.69, 9.17) is 0 Å². The Morgan fingerprint density at radius 3 is 2.42 bits per heavy atom. The first-order valence-electron chi connectivity index (χ1n) is 7.76. The van der Waals surface area contributed by atoms with Crippen LogP contribution in [-0.4, -0.2) is 49.1 Å². The van der Waals surface area contributed by atoms with Crippen molar-refractivity contribution >= 4 is 5.91 Å². The Labute approximate surface area is 118 Å². The Morgan fingerprint density at radius 2 is 1.89 bits per heavy atom. The summed E-state index contributed by atoms with van der Waals surface area (Å²) >= 11 is 0. The van der Waals surface area contributed by atoms with Crippen LogP contribution in [0, 0.1) is 5.92 Å².